The molecule has 5 nitrogen and oxygen atoms in total. The summed E-state index contributed by atoms with van der Waals surface area (Å²) in [5.74, 6) is -0.0410. The maximum Gasteiger partial charge on any atom is 0.249 e. The molecular formula is C17H22N2O3. The van der Waals surface area contributed by atoms with Crippen LogP contribution in [-0.2, 0) is 14.4 Å². The van der Waals surface area contributed by atoms with Crippen LogP contribution in [0.4, 0.5) is 0 Å². The molecule has 1 amide bonds. The van der Waals surface area contributed by atoms with Gasteiger partial charge in [-0.15, -0.1) is 0 Å². The van der Waals surface area contributed by atoms with Crippen molar-refractivity contribution in [2.24, 2.45) is 5.16 Å². The van der Waals surface area contributed by atoms with Crippen molar-refractivity contribution in [3.05, 3.63) is 34.9 Å². The molecule has 118 valence electrons. The summed E-state index contributed by atoms with van der Waals surface area (Å²) in [5, 5.41) is 7.06. The van der Waals surface area contributed by atoms with Gasteiger partial charge in [-0.25, -0.2) is 0 Å². The molecule has 2 atom stereocenters. The fourth-order valence-corrected chi connectivity index (χ4v) is 2.74. The van der Waals surface area contributed by atoms with Gasteiger partial charge in [-0.3, -0.25) is 4.79 Å². The van der Waals surface area contributed by atoms with Crippen LogP contribution in [0.3, 0.4) is 0 Å². The number of benzene rings is 1. The fourth-order valence-electron chi connectivity index (χ4n) is 2.74. The van der Waals surface area contributed by atoms with Crippen LogP contribution in [0.5, 0.6) is 0 Å². The minimum absolute atomic E-state index is 0.0410. The zero-order chi connectivity index (χ0) is 15.5. The van der Waals surface area contributed by atoms with Crippen molar-refractivity contribution in [3.63, 3.8) is 0 Å². The molecule has 0 unspecified atom stereocenters. The second-order valence-corrected chi connectivity index (χ2v) is 6.02. The van der Waals surface area contributed by atoms with Crippen molar-refractivity contribution < 1.29 is 14.4 Å². The lowest BCUT2D eigenvalue weighted by molar-refractivity contribution is -0.130. The Morgan fingerprint density at radius 3 is 2.95 bits per heavy atom. The topological polar surface area (TPSA) is 59.9 Å². The SMILES string of the molecule is Cc1ccc(C2=NO[C@H](CNC(=O)[C@@H]3CCCO3)C2)cc1C. The third-order valence-corrected chi connectivity index (χ3v) is 4.30. The van der Waals surface area contributed by atoms with Crippen molar-refractivity contribution in [3.8, 4) is 0 Å². The lowest BCUT2D eigenvalue weighted by Gasteiger charge is -2.13. The number of hydrogen-bond acceptors (Lipinski definition) is 4. The van der Waals surface area contributed by atoms with Crippen LogP contribution >= 0.6 is 0 Å². The predicted molar refractivity (Wildman–Crippen MR) is 83.9 cm³/mol. The van der Waals surface area contributed by atoms with E-state index in [4.69, 9.17) is 9.57 Å². The molecule has 1 fully saturated rings. The van der Waals surface area contributed by atoms with Crippen molar-refractivity contribution in [1.82, 2.24) is 5.32 Å². The summed E-state index contributed by atoms with van der Waals surface area (Å²) in [6.07, 6.45) is 2.09. The zero-order valence-electron chi connectivity index (χ0n) is 13.1. The summed E-state index contributed by atoms with van der Waals surface area (Å²) in [5.41, 5.74) is 4.55. The van der Waals surface area contributed by atoms with Gasteiger partial charge < -0.3 is 14.9 Å². The average Bonchev–Trinajstić information content (AvgIpc) is 3.19. The number of aryl methyl sites for hydroxylation is 2. The Balaban J connectivity index is 1.51. The first kappa shape index (κ1) is 15.0. The molecule has 2 heterocycles. The number of ether oxygens (including phenoxy) is 1. The van der Waals surface area contributed by atoms with Gasteiger partial charge in [-0.2, -0.15) is 0 Å². The lowest BCUT2D eigenvalue weighted by atomic mass is 10.0. The Morgan fingerprint density at radius 1 is 1.36 bits per heavy atom. The van der Waals surface area contributed by atoms with Gasteiger partial charge in [0.1, 0.15) is 12.2 Å². The largest absolute Gasteiger partial charge is 0.390 e. The van der Waals surface area contributed by atoms with Crippen LogP contribution in [0, 0.1) is 13.8 Å². The maximum atomic E-state index is 11.9. The predicted octanol–water partition coefficient (Wildman–Crippen LogP) is 2.09. The maximum absolute atomic E-state index is 11.9. The Labute approximate surface area is 130 Å². The van der Waals surface area contributed by atoms with Crippen LogP contribution in [0.15, 0.2) is 23.4 Å². The number of nitrogens with one attached hydrogen (secondary N) is 1. The highest BCUT2D eigenvalue weighted by atomic mass is 16.6. The van der Waals surface area contributed by atoms with Gasteiger partial charge in [0.2, 0.25) is 5.91 Å². The number of hydrogen-bond donors (Lipinski definition) is 1. The van der Waals surface area contributed by atoms with Crippen LogP contribution in [0.25, 0.3) is 0 Å². The van der Waals surface area contributed by atoms with Gasteiger partial charge in [0, 0.05) is 13.0 Å². The molecule has 5 heteroatoms. The first-order chi connectivity index (χ1) is 10.6. The fraction of sp³-hybridized carbons (Fsp3) is 0.529. The van der Waals surface area contributed by atoms with E-state index in [0.717, 1.165) is 24.1 Å². The van der Waals surface area contributed by atoms with Gasteiger partial charge >= 0.3 is 0 Å². The molecule has 0 radical (unpaired) electrons. The summed E-state index contributed by atoms with van der Waals surface area (Å²) >= 11 is 0. The number of oxime groups is 1. The van der Waals surface area contributed by atoms with Gasteiger partial charge in [0.25, 0.3) is 0 Å². The third kappa shape index (κ3) is 3.30. The second-order valence-electron chi connectivity index (χ2n) is 6.02. The molecule has 0 spiro atoms. The molecule has 2 aliphatic rings. The highest BCUT2D eigenvalue weighted by molar-refractivity contribution is 6.01. The van der Waals surface area contributed by atoms with Crippen molar-refractivity contribution >= 4 is 11.6 Å². The molecule has 1 N–H and O–H groups in total. The quantitative estimate of drug-likeness (QED) is 0.926. The van der Waals surface area contributed by atoms with E-state index in [1.165, 1.54) is 11.1 Å². The van der Waals surface area contributed by atoms with E-state index in [1.807, 2.05) is 0 Å². The number of rotatable bonds is 4. The highest BCUT2D eigenvalue weighted by Crippen LogP contribution is 2.19. The molecule has 2 aliphatic heterocycles. The van der Waals surface area contributed by atoms with E-state index in [-0.39, 0.29) is 18.1 Å². The zero-order valence-corrected chi connectivity index (χ0v) is 13.1. The highest BCUT2D eigenvalue weighted by Gasteiger charge is 2.27. The standard InChI is InChI=1S/C17H22N2O3/c1-11-5-6-13(8-12(11)2)15-9-14(22-19-15)10-18-17(20)16-4-3-7-21-16/h5-6,8,14,16H,3-4,7,9-10H2,1-2H3,(H,18,20)/t14-,16-/m0/s1. The first-order valence-electron chi connectivity index (χ1n) is 7.83. The summed E-state index contributed by atoms with van der Waals surface area (Å²) in [6, 6.07) is 6.29. The number of carbonyl (C=O) groups is 1. The monoisotopic (exact) mass is 302 g/mol. The van der Waals surface area contributed by atoms with E-state index in [1.54, 1.807) is 0 Å². The van der Waals surface area contributed by atoms with Crippen molar-refractivity contribution in [2.75, 3.05) is 13.2 Å². The van der Waals surface area contributed by atoms with Gasteiger partial charge in [0.15, 0.2) is 0 Å². The summed E-state index contributed by atoms with van der Waals surface area (Å²) in [7, 11) is 0. The summed E-state index contributed by atoms with van der Waals surface area (Å²) in [6.45, 7) is 5.33. The molecule has 1 aromatic carbocycles. The Hall–Kier alpha value is -1.88. The second kappa shape index (κ2) is 6.48. The normalized spacial score (nSPS) is 24.0. The van der Waals surface area contributed by atoms with E-state index >= 15 is 0 Å². The average molecular weight is 302 g/mol. The number of nitrogens with zero attached hydrogens (tertiary/aromatic N) is 1. The Bertz CT molecular complexity index is 592. The molecule has 0 aromatic heterocycles. The van der Waals surface area contributed by atoms with Gasteiger partial charge in [-0.1, -0.05) is 17.3 Å². The lowest BCUT2D eigenvalue weighted by Crippen LogP contribution is -2.38. The molecule has 0 saturated carbocycles. The van der Waals surface area contributed by atoms with E-state index in [2.05, 4.69) is 42.5 Å². The molecular weight excluding hydrogens is 280 g/mol. The Morgan fingerprint density at radius 2 is 2.23 bits per heavy atom. The third-order valence-electron chi connectivity index (χ3n) is 4.30. The van der Waals surface area contributed by atoms with E-state index in [9.17, 15) is 4.79 Å². The number of amides is 1. The minimum atomic E-state index is -0.290. The van der Waals surface area contributed by atoms with Gasteiger partial charge in [0.05, 0.1) is 12.3 Å². The molecule has 1 aromatic rings. The number of carbonyl (C=O) groups excluding carboxylic acids is 1. The Kier molecular flexibility index (Phi) is 4.43. The molecule has 0 aliphatic carbocycles. The van der Waals surface area contributed by atoms with Crippen LogP contribution in [0.1, 0.15) is 36.0 Å². The van der Waals surface area contributed by atoms with Crippen LogP contribution in [-0.4, -0.2) is 37.0 Å². The van der Waals surface area contributed by atoms with Crippen molar-refractivity contribution in [2.45, 2.75) is 45.3 Å². The van der Waals surface area contributed by atoms with Gasteiger partial charge in [-0.05, 0) is 49.4 Å². The first-order valence-corrected chi connectivity index (χ1v) is 7.83. The summed E-state index contributed by atoms with van der Waals surface area (Å²) in [4.78, 5) is 17.3. The molecule has 1 saturated heterocycles. The van der Waals surface area contributed by atoms with Crippen molar-refractivity contribution in [1.29, 1.82) is 0 Å². The minimum Gasteiger partial charge on any atom is -0.390 e. The molecule has 22 heavy (non-hydrogen) atoms. The molecule has 0 bridgehead atoms. The summed E-state index contributed by atoms with van der Waals surface area (Å²) < 4.78 is 5.36. The van der Waals surface area contributed by atoms with E-state index in [0.29, 0.717) is 19.6 Å². The molecule has 3 rings (SSSR count). The van der Waals surface area contributed by atoms with E-state index < -0.39 is 0 Å². The van der Waals surface area contributed by atoms with Crippen LogP contribution in [0.2, 0.25) is 0 Å². The smallest absolute Gasteiger partial charge is 0.249 e. The van der Waals surface area contributed by atoms with Crippen LogP contribution < -0.4 is 5.32 Å².